The van der Waals surface area contributed by atoms with Crippen molar-refractivity contribution in [2.24, 2.45) is 0 Å². The molecule has 0 radical (unpaired) electrons. The highest BCUT2D eigenvalue weighted by molar-refractivity contribution is 6.74. The maximum absolute atomic E-state index is 12.3. The molecule has 4 heteroatoms. The molecule has 0 aromatic heterocycles. The molecule has 0 amide bonds. The Morgan fingerprint density at radius 2 is 1.16 bits per heavy atom. The van der Waals surface area contributed by atoms with Gasteiger partial charge < -0.3 is 9.22 Å². The van der Waals surface area contributed by atoms with Crippen LogP contribution in [0.15, 0.2) is 91.0 Å². The summed E-state index contributed by atoms with van der Waals surface area (Å²) in [7, 11) is -2.00. The molecule has 1 atom stereocenters. The second-order valence-electron chi connectivity index (χ2n) is 9.81. The van der Waals surface area contributed by atoms with Crippen molar-refractivity contribution in [3.05, 3.63) is 108 Å². The Balaban J connectivity index is 2.09. The van der Waals surface area contributed by atoms with Gasteiger partial charge in [0.2, 0.25) is 0 Å². The normalized spacial score (nSPS) is 13.5. The minimum Gasteiger partial charge on any atom is -0.415 e. The fraction of sp³-hybridized carbons (Fsp3) is 0.321. The number of benzene rings is 3. The molecule has 0 spiro atoms. The molecular formula is C28H35NO2Si. The lowest BCUT2D eigenvalue weighted by Gasteiger charge is -2.41. The second kappa shape index (κ2) is 9.95. The van der Waals surface area contributed by atoms with Gasteiger partial charge in [-0.2, -0.15) is 0 Å². The number of carbonyl (C=O) groups excluding carboxylic acids is 1. The molecule has 0 aliphatic rings. The van der Waals surface area contributed by atoms with E-state index in [1.54, 1.807) is 0 Å². The summed E-state index contributed by atoms with van der Waals surface area (Å²) in [5.41, 5.74) is 2.55. The zero-order valence-electron chi connectivity index (χ0n) is 19.8. The third kappa shape index (κ3) is 5.09. The summed E-state index contributed by atoms with van der Waals surface area (Å²) in [5.74, 6) is 0. The van der Waals surface area contributed by atoms with Crippen molar-refractivity contribution in [3.63, 3.8) is 0 Å². The molecule has 0 fully saturated rings. The van der Waals surface area contributed by atoms with Gasteiger partial charge >= 0.3 is 0 Å². The maximum Gasteiger partial charge on any atom is 0.192 e. The molecule has 168 valence electrons. The minimum absolute atomic E-state index is 0.0792. The summed E-state index contributed by atoms with van der Waals surface area (Å²) in [4.78, 5) is 12.3. The van der Waals surface area contributed by atoms with E-state index in [4.69, 9.17) is 4.43 Å². The molecular weight excluding hydrogens is 410 g/mol. The monoisotopic (exact) mass is 445 g/mol. The summed E-state index contributed by atoms with van der Waals surface area (Å²) in [6, 6.07) is 30.5. The van der Waals surface area contributed by atoms with Crippen molar-refractivity contribution in [3.8, 4) is 0 Å². The Bertz CT molecular complexity index is 886. The Morgan fingerprint density at radius 3 is 1.47 bits per heavy atom. The van der Waals surface area contributed by atoms with Gasteiger partial charge in [-0.15, -0.1) is 0 Å². The Labute approximate surface area is 194 Å². The topological polar surface area (TPSA) is 38.3 Å². The molecule has 0 aliphatic carbocycles. The zero-order chi connectivity index (χ0) is 23.2. The lowest BCUT2D eigenvalue weighted by Crippen LogP contribution is -2.53. The number of carbonyl (C=O) groups is 1. The third-order valence-electron chi connectivity index (χ3n) is 6.62. The minimum atomic E-state index is -2.00. The van der Waals surface area contributed by atoms with Crippen molar-refractivity contribution in [2.45, 2.75) is 50.5 Å². The van der Waals surface area contributed by atoms with Crippen LogP contribution in [0, 0.1) is 0 Å². The second-order valence-corrected chi connectivity index (χ2v) is 14.6. The van der Waals surface area contributed by atoms with E-state index in [0.717, 1.165) is 23.0 Å². The van der Waals surface area contributed by atoms with Crippen LogP contribution < -0.4 is 5.32 Å². The number of hydrogen-bond acceptors (Lipinski definition) is 3. The summed E-state index contributed by atoms with van der Waals surface area (Å²) < 4.78 is 6.45. The highest BCUT2D eigenvalue weighted by atomic mass is 28.4. The fourth-order valence-corrected chi connectivity index (χ4v) is 4.75. The largest absolute Gasteiger partial charge is 0.415 e. The highest BCUT2D eigenvalue weighted by Gasteiger charge is 2.40. The van der Waals surface area contributed by atoms with Crippen LogP contribution in [-0.2, 0) is 14.8 Å². The SMILES string of the molecule is CC(C)(C)[Si](C)(C)OCC(C=O)NC(c1ccccc1)(c1ccccc1)c1ccccc1. The van der Waals surface area contributed by atoms with Crippen LogP contribution in [0.2, 0.25) is 18.1 Å². The average molecular weight is 446 g/mol. The Morgan fingerprint density at radius 1 is 0.781 bits per heavy atom. The van der Waals surface area contributed by atoms with Crippen molar-refractivity contribution < 1.29 is 9.22 Å². The van der Waals surface area contributed by atoms with Crippen LogP contribution in [0.4, 0.5) is 0 Å². The van der Waals surface area contributed by atoms with Crippen LogP contribution in [-0.4, -0.2) is 27.3 Å². The van der Waals surface area contributed by atoms with E-state index in [-0.39, 0.29) is 5.04 Å². The molecule has 0 aliphatic heterocycles. The quantitative estimate of drug-likeness (QED) is 0.244. The van der Waals surface area contributed by atoms with Gasteiger partial charge in [-0.1, -0.05) is 112 Å². The van der Waals surface area contributed by atoms with Crippen molar-refractivity contribution >= 4 is 14.6 Å². The molecule has 3 rings (SSSR count). The summed E-state index contributed by atoms with van der Waals surface area (Å²) in [5, 5.41) is 3.80. The van der Waals surface area contributed by atoms with E-state index in [2.05, 4.69) is 75.6 Å². The lowest BCUT2D eigenvalue weighted by atomic mass is 9.76. The molecule has 3 aromatic carbocycles. The molecule has 32 heavy (non-hydrogen) atoms. The first-order valence-corrected chi connectivity index (χ1v) is 14.1. The zero-order valence-corrected chi connectivity index (χ0v) is 20.8. The smallest absolute Gasteiger partial charge is 0.192 e. The van der Waals surface area contributed by atoms with E-state index >= 15 is 0 Å². The predicted molar refractivity (Wildman–Crippen MR) is 135 cm³/mol. The first-order valence-electron chi connectivity index (χ1n) is 11.2. The number of nitrogens with one attached hydrogen (secondary N) is 1. The van der Waals surface area contributed by atoms with Crippen molar-refractivity contribution in [2.75, 3.05) is 6.61 Å². The Kier molecular flexibility index (Phi) is 7.50. The summed E-state index contributed by atoms with van der Waals surface area (Å²) in [6.07, 6.45) is 0.983. The summed E-state index contributed by atoms with van der Waals surface area (Å²) >= 11 is 0. The molecule has 1 N–H and O–H groups in total. The fourth-order valence-electron chi connectivity index (χ4n) is 3.72. The van der Waals surface area contributed by atoms with E-state index < -0.39 is 19.9 Å². The van der Waals surface area contributed by atoms with Gasteiger partial charge in [0.25, 0.3) is 0 Å². The molecule has 1 unspecified atom stereocenters. The van der Waals surface area contributed by atoms with E-state index in [1.807, 2.05) is 54.6 Å². The molecule has 3 aromatic rings. The van der Waals surface area contributed by atoms with Crippen LogP contribution >= 0.6 is 0 Å². The average Bonchev–Trinajstić information content (AvgIpc) is 2.80. The Hall–Kier alpha value is -2.53. The van der Waals surface area contributed by atoms with Gasteiger partial charge in [-0.05, 0) is 34.8 Å². The number of aldehydes is 1. The first kappa shape index (κ1) is 24.1. The van der Waals surface area contributed by atoms with Crippen molar-refractivity contribution in [1.82, 2.24) is 5.32 Å². The van der Waals surface area contributed by atoms with Gasteiger partial charge in [0, 0.05) is 0 Å². The maximum atomic E-state index is 12.3. The van der Waals surface area contributed by atoms with Gasteiger partial charge in [0.1, 0.15) is 6.29 Å². The number of rotatable bonds is 9. The van der Waals surface area contributed by atoms with Crippen molar-refractivity contribution in [1.29, 1.82) is 0 Å². The third-order valence-corrected chi connectivity index (χ3v) is 11.1. The highest BCUT2D eigenvalue weighted by Crippen LogP contribution is 2.38. The predicted octanol–water partition coefficient (Wildman–Crippen LogP) is 6.16. The van der Waals surface area contributed by atoms with Gasteiger partial charge in [-0.3, -0.25) is 5.32 Å². The van der Waals surface area contributed by atoms with E-state index in [0.29, 0.717) is 6.61 Å². The first-order chi connectivity index (χ1) is 15.2. The van der Waals surface area contributed by atoms with E-state index in [9.17, 15) is 4.79 Å². The molecule has 0 bridgehead atoms. The standard InChI is InChI=1S/C28H35NO2Si/c1-27(2,3)32(4,5)31-22-26(21-30)29-28(23-15-9-6-10-16-23,24-17-11-7-12-18-24)25-19-13-8-14-20-25/h6-21,26,29H,22H2,1-5H3. The van der Waals surface area contributed by atoms with Crippen LogP contribution in [0.25, 0.3) is 0 Å². The molecule has 3 nitrogen and oxygen atoms in total. The molecule has 0 saturated carbocycles. The number of hydrogen-bond donors (Lipinski definition) is 1. The van der Waals surface area contributed by atoms with Crippen LogP contribution in [0.5, 0.6) is 0 Å². The molecule has 0 heterocycles. The van der Waals surface area contributed by atoms with Gasteiger partial charge in [-0.25, -0.2) is 0 Å². The van der Waals surface area contributed by atoms with E-state index in [1.165, 1.54) is 0 Å². The van der Waals surface area contributed by atoms with Crippen LogP contribution in [0.1, 0.15) is 37.5 Å². The summed E-state index contributed by atoms with van der Waals surface area (Å²) in [6.45, 7) is 11.4. The van der Waals surface area contributed by atoms with Gasteiger partial charge in [0.15, 0.2) is 8.32 Å². The van der Waals surface area contributed by atoms with Gasteiger partial charge in [0.05, 0.1) is 18.2 Å². The lowest BCUT2D eigenvalue weighted by molar-refractivity contribution is -0.110. The molecule has 0 saturated heterocycles. The van der Waals surface area contributed by atoms with Crippen LogP contribution in [0.3, 0.4) is 0 Å².